The molecule has 3 aromatic rings. The monoisotopic (exact) mass is 296 g/mol. The lowest BCUT2D eigenvalue weighted by Gasteiger charge is -2.07. The van der Waals surface area contributed by atoms with Gasteiger partial charge in [0.1, 0.15) is 11.5 Å². The van der Waals surface area contributed by atoms with Gasteiger partial charge < -0.3 is 9.47 Å². The molecule has 3 heteroatoms. The molecule has 2 aromatic carbocycles. The number of benzene rings is 2. The van der Waals surface area contributed by atoms with Gasteiger partial charge in [0.15, 0.2) is 0 Å². The summed E-state index contributed by atoms with van der Waals surface area (Å²) in [5.41, 5.74) is 3.60. The first-order valence-electron chi connectivity index (χ1n) is 6.68. The first kappa shape index (κ1) is 13.7. The fourth-order valence-corrected chi connectivity index (χ4v) is 3.21. The van der Waals surface area contributed by atoms with Crippen molar-refractivity contribution in [2.75, 3.05) is 14.2 Å². The van der Waals surface area contributed by atoms with E-state index in [1.54, 1.807) is 25.6 Å². The largest absolute Gasteiger partial charge is 0.497 e. The Labute approximate surface area is 128 Å². The molecule has 0 unspecified atom stereocenters. The second-order valence-electron chi connectivity index (χ2n) is 4.62. The zero-order chi connectivity index (χ0) is 14.7. The van der Waals surface area contributed by atoms with Crippen LogP contribution in [-0.4, -0.2) is 14.2 Å². The van der Waals surface area contributed by atoms with Crippen molar-refractivity contribution < 1.29 is 9.47 Å². The van der Waals surface area contributed by atoms with Crippen molar-refractivity contribution in [2.24, 2.45) is 0 Å². The summed E-state index contributed by atoms with van der Waals surface area (Å²) in [4.78, 5) is 1.25. The molecular weight excluding hydrogens is 280 g/mol. The fourth-order valence-electron chi connectivity index (χ4n) is 2.30. The standard InChI is InChI=1S/C18H16O2S/c1-19-15-8-6-13(7-9-15)17-10-11-21-18(17)14-4-3-5-16(12-14)20-2/h3-12H,1-2H3. The van der Waals surface area contributed by atoms with Gasteiger partial charge >= 0.3 is 0 Å². The highest BCUT2D eigenvalue weighted by Gasteiger charge is 2.10. The summed E-state index contributed by atoms with van der Waals surface area (Å²) in [5, 5.41) is 2.12. The SMILES string of the molecule is COc1ccc(-c2ccsc2-c2cccc(OC)c2)cc1. The van der Waals surface area contributed by atoms with Crippen LogP contribution in [0, 0.1) is 0 Å². The molecule has 0 spiro atoms. The van der Waals surface area contributed by atoms with E-state index in [-0.39, 0.29) is 0 Å². The summed E-state index contributed by atoms with van der Waals surface area (Å²) in [6.45, 7) is 0. The van der Waals surface area contributed by atoms with Gasteiger partial charge in [0.2, 0.25) is 0 Å². The second kappa shape index (κ2) is 6.02. The summed E-state index contributed by atoms with van der Waals surface area (Å²) >= 11 is 1.74. The lowest BCUT2D eigenvalue weighted by Crippen LogP contribution is -1.85. The Bertz CT molecular complexity index is 729. The molecule has 1 heterocycles. The molecule has 1 aromatic heterocycles. The Morgan fingerprint density at radius 3 is 2.24 bits per heavy atom. The summed E-state index contributed by atoms with van der Waals surface area (Å²) < 4.78 is 10.5. The Morgan fingerprint density at radius 2 is 1.52 bits per heavy atom. The summed E-state index contributed by atoms with van der Waals surface area (Å²) in [6.07, 6.45) is 0. The lowest BCUT2D eigenvalue weighted by molar-refractivity contribution is 0.415. The fraction of sp³-hybridized carbons (Fsp3) is 0.111. The Morgan fingerprint density at radius 1 is 0.762 bits per heavy atom. The van der Waals surface area contributed by atoms with Crippen molar-refractivity contribution in [1.29, 1.82) is 0 Å². The zero-order valence-corrected chi connectivity index (χ0v) is 12.8. The Kier molecular flexibility index (Phi) is 3.93. The van der Waals surface area contributed by atoms with Crippen LogP contribution in [-0.2, 0) is 0 Å². The molecule has 0 aliphatic rings. The molecule has 0 saturated carbocycles. The third kappa shape index (κ3) is 2.78. The van der Waals surface area contributed by atoms with Gasteiger partial charge in [0.05, 0.1) is 14.2 Å². The van der Waals surface area contributed by atoms with Crippen LogP contribution in [0.5, 0.6) is 11.5 Å². The number of rotatable bonds is 4. The van der Waals surface area contributed by atoms with Crippen molar-refractivity contribution in [3.8, 4) is 33.1 Å². The van der Waals surface area contributed by atoms with Crippen molar-refractivity contribution in [3.05, 3.63) is 60.0 Å². The molecule has 2 nitrogen and oxygen atoms in total. The zero-order valence-electron chi connectivity index (χ0n) is 12.0. The maximum atomic E-state index is 5.32. The first-order chi connectivity index (χ1) is 10.3. The van der Waals surface area contributed by atoms with Gasteiger partial charge in [0, 0.05) is 10.4 Å². The van der Waals surface area contributed by atoms with Crippen molar-refractivity contribution in [3.63, 3.8) is 0 Å². The molecule has 0 atom stereocenters. The lowest BCUT2D eigenvalue weighted by atomic mass is 10.0. The van der Waals surface area contributed by atoms with E-state index in [9.17, 15) is 0 Å². The van der Waals surface area contributed by atoms with Gasteiger partial charge in [-0.1, -0.05) is 24.3 Å². The smallest absolute Gasteiger partial charge is 0.119 e. The van der Waals surface area contributed by atoms with E-state index >= 15 is 0 Å². The second-order valence-corrected chi connectivity index (χ2v) is 5.54. The molecule has 0 aliphatic carbocycles. The minimum Gasteiger partial charge on any atom is -0.497 e. The number of thiophene rings is 1. The third-order valence-corrected chi connectivity index (χ3v) is 4.36. The van der Waals surface area contributed by atoms with Gasteiger partial charge in [-0.25, -0.2) is 0 Å². The van der Waals surface area contributed by atoms with Gasteiger partial charge in [-0.3, -0.25) is 0 Å². The topological polar surface area (TPSA) is 18.5 Å². The first-order valence-corrected chi connectivity index (χ1v) is 7.56. The van der Waals surface area contributed by atoms with Crippen molar-refractivity contribution in [2.45, 2.75) is 0 Å². The van der Waals surface area contributed by atoms with E-state index in [1.165, 1.54) is 21.6 Å². The van der Waals surface area contributed by atoms with Gasteiger partial charge in [-0.2, -0.15) is 0 Å². The van der Waals surface area contributed by atoms with Crippen LogP contribution in [0.25, 0.3) is 21.6 Å². The van der Waals surface area contributed by atoms with Crippen molar-refractivity contribution in [1.82, 2.24) is 0 Å². The molecule has 3 rings (SSSR count). The van der Waals surface area contributed by atoms with Crippen LogP contribution in [0.4, 0.5) is 0 Å². The molecule has 0 aliphatic heterocycles. The summed E-state index contributed by atoms with van der Waals surface area (Å²) in [6, 6.07) is 18.5. The normalized spacial score (nSPS) is 10.4. The van der Waals surface area contributed by atoms with Crippen LogP contribution in [0.1, 0.15) is 0 Å². The highest BCUT2D eigenvalue weighted by atomic mass is 32.1. The molecule has 106 valence electrons. The number of ether oxygens (including phenoxy) is 2. The van der Waals surface area contributed by atoms with Gasteiger partial charge in [-0.05, 0) is 46.8 Å². The minimum absolute atomic E-state index is 0.872. The molecule has 0 saturated heterocycles. The van der Waals surface area contributed by atoms with E-state index < -0.39 is 0 Å². The highest BCUT2D eigenvalue weighted by Crippen LogP contribution is 2.38. The maximum Gasteiger partial charge on any atom is 0.119 e. The minimum atomic E-state index is 0.872. The average molecular weight is 296 g/mol. The van der Waals surface area contributed by atoms with E-state index in [0.717, 1.165) is 11.5 Å². The van der Waals surface area contributed by atoms with Gasteiger partial charge in [-0.15, -0.1) is 11.3 Å². The number of hydrogen-bond acceptors (Lipinski definition) is 3. The van der Waals surface area contributed by atoms with E-state index in [1.807, 2.05) is 24.3 Å². The highest BCUT2D eigenvalue weighted by molar-refractivity contribution is 7.14. The van der Waals surface area contributed by atoms with Crippen LogP contribution in [0.15, 0.2) is 60.0 Å². The van der Waals surface area contributed by atoms with Crippen LogP contribution >= 0.6 is 11.3 Å². The molecular formula is C18H16O2S. The molecule has 21 heavy (non-hydrogen) atoms. The third-order valence-electron chi connectivity index (χ3n) is 3.40. The van der Waals surface area contributed by atoms with E-state index in [4.69, 9.17) is 9.47 Å². The van der Waals surface area contributed by atoms with Crippen LogP contribution in [0.2, 0.25) is 0 Å². The quantitative estimate of drug-likeness (QED) is 0.667. The van der Waals surface area contributed by atoms with E-state index in [0.29, 0.717) is 0 Å². The average Bonchev–Trinajstić information content (AvgIpc) is 3.04. The predicted octanol–water partition coefficient (Wildman–Crippen LogP) is 5.10. The van der Waals surface area contributed by atoms with Crippen LogP contribution in [0.3, 0.4) is 0 Å². The molecule has 0 amide bonds. The van der Waals surface area contributed by atoms with Crippen LogP contribution < -0.4 is 9.47 Å². The number of methoxy groups -OCH3 is 2. The predicted molar refractivity (Wildman–Crippen MR) is 88.3 cm³/mol. The number of hydrogen-bond donors (Lipinski definition) is 0. The van der Waals surface area contributed by atoms with Crippen molar-refractivity contribution >= 4 is 11.3 Å². The van der Waals surface area contributed by atoms with Gasteiger partial charge in [0.25, 0.3) is 0 Å². The molecule has 0 N–H and O–H groups in total. The molecule has 0 radical (unpaired) electrons. The Hall–Kier alpha value is -2.26. The Balaban J connectivity index is 2.03. The molecule has 0 bridgehead atoms. The summed E-state index contributed by atoms with van der Waals surface area (Å²) in [5.74, 6) is 1.75. The molecule has 0 fully saturated rings. The summed E-state index contributed by atoms with van der Waals surface area (Å²) in [7, 11) is 3.37. The van der Waals surface area contributed by atoms with E-state index in [2.05, 4.69) is 35.7 Å². The maximum absolute atomic E-state index is 5.32.